The van der Waals surface area contributed by atoms with Crippen LogP contribution in [0.2, 0.25) is 0 Å². The first-order valence-corrected chi connectivity index (χ1v) is 8.34. The number of aromatic nitrogens is 1. The molecule has 1 spiro atoms. The van der Waals surface area contributed by atoms with Gasteiger partial charge in [-0.1, -0.05) is 13.8 Å². The molecular formula is C18H26N2O3. The van der Waals surface area contributed by atoms with Gasteiger partial charge in [-0.2, -0.15) is 0 Å². The van der Waals surface area contributed by atoms with Crippen molar-refractivity contribution in [1.82, 2.24) is 4.98 Å². The molecule has 0 bridgehead atoms. The number of fused-ring (bicyclic) bond motifs is 1. The van der Waals surface area contributed by atoms with Crippen molar-refractivity contribution in [2.24, 2.45) is 11.1 Å². The Morgan fingerprint density at radius 1 is 1.39 bits per heavy atom. The molecular weight excluding hydrogens is 292 g/mol. The van der Waals surface area contributed by atoms with E-state index >= 15 is 0 Å². The van der Waals surface area contributed by atoms with Crippen molar-refractivity contribution in [2.45, 2.75) is 58.1 Å². The van der Waals surface area contributed by atoms with Crippen molar-refractivity contribution in [3.05, 3.63) is 23.6 Å². The summed E-state index contributed by atoms with van der Waals surface area (Å²) in [5, 5.41) is 9.04. The van der Waals surface area contributed by atoms with Crippen LogP contribution < -0.4 is 10.5 Å². The summed E-state index contributed by atoms with van der Waals surface area (Å²) in [6, 6.07) is 3.82. The lowest BCUT2D eigenvalue weighted by Gasteiger charge is -2.32. The summed E-state index contributed by atoms with van der Waals surface area (Å²) in [6.45, 7) is 4.55. The van der Waals surface area contributed by atoms with Crippen molar-refractivity contribution in [1.29, 1.82) is 0 Å². The lowest BCUT2D eigenvalue weighted by Crippen LogP contribution is -2.32. The molecule has 1 aromatic carbocycles. The molecule has 5 heteroatoms. The Kier molecular flexibility index (Phi) is 4.34. The number of oxazole rings is 1. The molecule has 126 valence electrons. The zero-order valence-electron chi connectivity index (χ0n) is 14.1. The van der Waals surface area contributed by atoms with Crippen LogP contribution in [0.4, 0.5) is 0 Å². The number of hydrogen-bond donors (Lipinski definition) is 2. The molecule has 0 radical (unpaired) electrons. The third-order valence-electron chi connectivity index (χ3n) is 5.00. The second-order valence-corrected chi connectivity index (χ2v) is 6.97. The zero-order valence-corrected chi connectivity index (χ0v) is 14.1. The number of hydrogen-bond acceptors (Lipinski definition) is 5. The van der Waals surface area contributed by atoms with Crippen molar-refractivity contribution in [2.75, 3.05) is 7.11 Å². The highest BCUT2D eigenvalue weighted by Gasteiger charge is 2.54. The van der Waals surface area contributed by atoms with Crippen LogP contribution in [0, 0.1) is 5.41 Å². The fraction of sp³-hybridized carbons (Fsp3) is 0.611. The van der Waals surface area contributed by atoms with Gasteiger partial charge in [-0.25, -0.2) is 4.98 Å². The van der Waals surface area contributed by atoms with Gasteiger partial charge < -0.3 is 20.0 Å². The summed E-state index contributed by atoms with van der Waals surface area (Å²) >= 11 is 0. The minimum absolute atomic E-state index is 0.0903. The average molecular weight is 318 g/mol. The summed E-state index contributed by atoms with van der Waals surface area (Å²) in [5.74, 6) is 1.68. The molecule has 0 amide bonds. The highest BCUT2D eigenvalue weighted by Crippen LogP contribution is 2.60. The van der Waals surface area contributed by atoms with E-state index in [9.17, 15) is 0 Å². The maximum atomic E-state index is 9.04. The zero-order chi connectivity index (χ0) is 16.6. The van der Waals surface area contributed by atoms with Crippen LogP contribution in [0.5, 0.6) is 5.75 Å². The number of aliphatic hydroxyl groups is 1. The Morgan fingerprint density at radius 3 is 2.52 bits per heavy atom. The molecule has 2 fully saturated rings. The van der Waals surface area contributed by atoms with Crippen molar-refractivity contribution in [3.63, 3.8) is 0 Å². The summed E-state index contributed by atoms with van der Waals surface area (Å²) in [4.78, 5) is 4.43. The van der Waals surface area contributed by atoms with E-state index in [-0.39, 0.29) is 12.0 Å². The number of ether oxygens (including phenoxy) is 1. The van der Waals surface area contributed by atoms with Crippen LogP contribution in [0.1, 0.15) is 56.9 Å². The van der Waals surface area contributed by atoms with Crippen molar-refractivity contribution in [3.8, 4) is 5.75 Å². The van der Waals surface area contributed by atoms with Gasteiger partial charge in [0.15, 0.2) is 17.2 Å². The monoisotopic (exact) mass is 318 g/mol. The lowest BCUT2D eigenvalue weighted by atomic mass is 9.79. The Hall–Kier alpha value is -1.59. The third-order valence-corrected chi connectivity index (χ3v) is 5.00. The first-order valence-electron chi connectivity index (χ1n) is 8.34. The molecule has 23 heavy (non-hydrogen) atoms. The third kappa shape index (κ3) is 3.08. The molecule has 1 aromatic heterocycles. The number of methoxy groups -OCH3 is 1. The Bertz CT molecular complexity index is 689. The fourth-order valence-electron chi connectivity index (χ4n) is 3.02. The van der Waals surface area contributed by atoms with Crippen molar-refractivity contribution >= 4 is 11.1 Å². The van der Waals surface area contributed by atoms with Gasteiger partial charge in [0.05, 0.1) is 13.2 Å². The molecule has 1 heterocycles. The molecule has 2 aliphatic rings. The molecule has 1 unspecified atom stereocenters. The van der Waals surface area contributed by atoms with Crippen LogP contribution in [-0.4, -0.2) is 23.3 Å². The minimum atomic E-state index is 0.0903. The second-order valence-electron chi connectivity index (χ2n) is 6.97. The molecule has 0 saturated heterocycles. The predicted molar refractivity (Wildman–Crippen MR) is 89.4 cm³/mol. The van der Waals surface area contributed by atoms with E-state index in [1.54, 1.807) is 7.11 Å². The first kappa shape index (κ1) is 16.3. The van der Waals surface area contributed by atoms with Crippen LogP contribution in [0.15, 0.2) is 16.5 Å². The number of nitrogens with zero attached hydrogens (tertiary/aromatic N) is 1. The molecule has 4 rings (SSSR count). The first-order chi connectivity index (χ1) is 11.0. The number of aliphatic hydroxyl groups excluding tert-OH is 1. The maximum absolute atomic E-state index is 9.04. The Labute approximate surface area is 136 Å². The summed E-state index contributed by atoms with van der Waals surface area (Å²) in [7, 11) is 1.62. The van der Waals surface area contributed by atoms with Gasteiger partial charge in [0.25, 0.3) is 0 Å². The topological polar surface area (TPSA) is 81.5 Å². The number of rotatable bonds is 3. The second kappa shape index (κ2) is 6.13. The van der Waals surface area contributed by atoms with Crippen LogP contribution in [0.25, 0.3) is 11.1 Å². The van der Waals surface area contributed by atoms with Gasteiger partial charge in [0.1, 0.15) is 5.52 Å². The highest BCUT2D eigenvalue weighted by molar-refractivity contribution is 5.80. The maximum Gasteiger partial charge on any atom is 0.198 e. The SMILES string of the molecule is COc1cc(CN)cc2nc(C(C)C)oc12.OC1CCC12CC2. The van der Waals surface area contributed by atoms with Crippen LogP contribution in [0.3, 0.4) is 0 Å². The molecule has 3 N–H and O–H groups in total. The molecule has 0 aliphatic heterocycles. The van der Waals surface area contributed by atoms with E-state index in [2.05, 4.69) is 4.98 Å². The largest absolute Gasteiger partial charge is 0.493 e. The predicted octanol–water partition coefficient (Wildman–Crippen LogP) is 3.34. The molecule has 2 aliphatic carbocycles. The van der Waals surface area contributed by atoms with E-state index in [0.29, 0.717) is 23.3 Å². The Balaban J connectivity index is 0.000000183. The fourth-order valence-corrected chi connectivity index (χ4v) is 3.02. The quantitative estimate of drug-likeness (QED) is 0.907. The smallest absolute Gasteiger partial charge is 0.198 e. The van der Waals surface area contributed by atoms with Crippen LogP contribution >= 0.6 is 0 Å². The minimum Gasteiger partial charge on any atom is -0.493 e. The summed E-state index contributed by atoms with van der Waals surface area (Å²) < 4.78 is 10.9. The van der Waals surface area contributed by atoms with Crippen LogP contribution in [-0.2, 0) is 6.54 Å². The van der Waals surface area contributed by atoms with Gasteiger partial charge in [-0.15, -0.1) is 0 Å². The van der Waals surface area contributed by atoms with Gasteiger partial charge in [0.2, 0.25) is 0 Å². The number of benzene rings is 1. The van der Waals surface area contributed by atoms with E-state index in [4.69, 9.17) is 20.0 Å². The average Bonchev–Trinajstić information content (AvgIpc) is 3.28. The summed E-state index contributed by atoms with van der Waals surface area (Å²) in [6.07, 6.45) is 5.06. The van der Waals surface area contributed by atoms with Gasteiger partial charge in [-0.05, 0) is 48.8 Å². The molecule has 2 aromatic rings. The Morgan fingerprint density at radius 2 is 2.13 bits per heavy atom. The van der Waals surface area contributed by atoms with Gasteiger partial charge in [0, 0.05) is 12.5 Å². The standard InChI is InChI=1S/C12H16N2O2.C6H10O/c1-7(2)12-14-9-4-8(6-13)5-10(15-3)11(9)16-12;7-5-1-2-6(5)3-4-6/h4-5,7H,6,13H2,1-3H3;5,7H,1-4H2. The molecule has 1 atom stereocenters. The molecule has 2 saturated carbocycles. The van der Waals surface area contributed by atoms with E-state index in [1.807, 2.05) is 26.0 Å². The molecule has 5 nitrogen and oxygen atoms in total. The van der Waals surface area contributed by atoms with Gasteiger partial charge in [-0.3, -0.25) is 0 Å². The normalized spacial score (nSPS) is 21.0. The van der Waals surface area contributed by atoms with E-state index in [1.165, 1.54) is 19.3 Å². The summed E-state index contributed by atoms with van der Waals surface area (Å²) in [5.41, 5.74) is 8.60. The number of nitrogens with two attached hydrogens (primary N) is 1. The van der Waals surface area contributed by atoms with Gasteiger partial charge >= 0.3 is 0 Å². The van der Waals surface area contributed by atoms with E-state index < -0.39 is 0 Å². The van der Waals surface area contributed by atoms with E-state index in [0.717, 1.165) is 23.4 Å². The van der Waals surface area contributed by atoms with Crippen molar-refractivity contribution < 1.29 is 14.3 Å². The highest BCUT2D eigenvalue weighted by atomic mass is 16.5. The lowest BCUT2D eigenvalue weighted by molar-refractivity contribution is 0.00604.